The Morgan fingerprint density at radius 1 is 1.33 bits per heavy atom. The van der Waals surface area contributed by atoms with E-state index in [0.29, 0.717) is 25.8 Å². The molecule has 0 radical (unpaired) electrons. The molecule has 1 heterocycles. The third kappa shape index (κ3) is 5.32. The van der Waals surface area contributed by atoms with E-state index >= 15 is 0 Å². The van der Waals surface area contributed by atoms with Crippen molar-refractivity contribution in [1.29, 1.82) is 0 Å². The molecule has 1 saturated heterocycles. The summed E-state index contributed by atoms with van der Waals surface area (Å²) in [4.78, 5) is 22.3. The predicted octanol–water partition coefficient (Wildman–Crippen LogP) is 1.56. The number of rotatable bonds is 8. The van der Waals surface area contributed by atoms with Crippen LogP contribution in [-0.2, 0) is 9.53 Å². The Balaban J connectivity index is 2.24. The zero-order valence-corrected chi connectivity index (χ0v) is 15.0. The van der Waals surface area contributed by atoms with Gasteiger partial charge in [-0.05, 0) is 53.4 Å². The van der Waals surface area contributed by atoms with Gasteiger partial charge in [-0.3, -0.25) is 4.79 Å². The molecule has 0 bridgehead atoms. The van der Waals surface area contributed by atoms with Crippen LogP contribution in [0.15, 0.2) is 0 Å². The Kier molecular flexibility index (Phi) is 7.00. The second-order valence-electron chi connectivity index (χ2n) is 7.64. The van der Waals surface area contributed by atoms with Gasteiger partial charge < -0.3 is 26.1 Å². The van der Waals surface area contributed by atoms with Crippen LogP contribution >= 0.6 is 0 Å². The number of hydrogen-bond donors (Lipinski definition) is 4. The molecular weight excluding hydrogens is 314 g/mol. The molecule has 0 spiro atoms. The molecule has 1 rings (SSSR count). The van der Waals surface area contributed by atoms with Crippen molar-refractivity contribution in [2.75, 3.05) is 13.2 Å². The predicted molar refractivity (Wildman–Crippen MR) is 88.7 cm³/mol. The molecule has 0 saturated carbocycles. The quantitative estimate of drug-likeness (QED) is 0.492. The molecule has 0 aromatic heterocycles. The van der Waals surface area contributed by atoms with Crippen LogP contribution in [0.4, 0.5) is 4.79 Å². The Hall–Kier alpha value is -1.38. The third-order valence-electron chi connectivity index (χ3n) is 4.81. The van der Waals surface area contributed by atoms with Crippen LogP contribution in [0.25, 0.3) is 0 Å². The standard InChI is InChI=1S/C16H31N3O5/c1-15(2)9-11(16(3,4)19(15)23)10-24-14(22)18-8-6-5-7-12(17)13(20)21/h11-12,23H,5-10,17H2,1-4H3,(H,18,22)(H,20,21)/t11?,12-/m0/s1. The van der Waals surface area contributed by atoms with E-state index in [4.69, 9.17) is 15.6 Å². The van der Waals surface area contributed by atoms with Crippen molar-refractivity contribution in [1.82, 2.24) is 10.4 Å². The van der Waals surface area contributed by atoms with E-state index in [0.717, 1.165) is 6.42 Å². The van der Waals surface area contributed by atoms with Gasteiger partial charge in [0.05, 0.1) is 6.61 Å². The number of alkyl carbamates (subject to hydrolysis) is 1. The summed E-state index contributed by atoms with van der Waals surface area (Å²) in [6.07, 6.45) is 1.88. The zero-order valence-electron chi connectivity index (χ0n) is 15.0. The largest absolute Gasteiger partial charge is 0.480 e. The number of amides is 1. The topological polar surface area (TPSA) is 125 Å². The SMILES string of the molecule is CC1(C)CC(COC(=O)NCCCC[C@H](N)C(=O)O)C(C)(C)N1O. The summed E-state index contributed by atoms with van der Waals surface area (Å²) in [6, 6.07) is -0.855. The number of unbranched alkanes of at least 4 members (excludes halogenated alkanes) is 1. The maximum Gasteiger partial charge on any atom is 0.407 e. The summed E-state index contributed by atoms with van der Waals surface area (Å²) >= 11 is 0. The number of hydroxylamine groups is 2. The first-order chi connectivity index (χ1) is 11.0. The molecule has 24 heavy (non-hydrogen) atoms. The number of hydrogen-bond acceptors (Lipinski definition) is 6. The Morgan fingerprint density at radius 3 is 2.46 bits per heavy atom. The maximum absolute atomic E-state index is 11.7. The molecular formula is C16H31N3O5. The van der Waals surface area contributed by atoms with Crippen molar-refractivity contribution in [2.24, 2.45) is 11.7 Å². The monoisotopic (exact) mass is 345 g/mol. The van der Waals surface area contributed by atoms with Crippen molar-refractivity contribution in [3.63, 3.8) is 0 Å². The second-order valence-corrected chi connectivity index (χ2v) is 7.64. The minimum atomic E-state index is -1.01. The fourth-order valence-electron chi connectivity index (χ4n) is 3.19. The molecule has 1 aliphatic heterocycles. The highest BCUT2D eigenvalue weighted by Gasteiger charge is 2.51. The van der Waals surface area contributed by atoms with Gasteiger partial charge in [-0.2, -0.15) is 5.06 Å². The molecule has 8 heteroatoms. The second kappa shape index (κ2) is 8.13. The van der Waals surface area contributed by atoms with Crippen LogP contribution in [-0.4, -0.2) is 57.7 Å². The molecule has 1 amide bonds. The lowest BCUT2D eigenvalue weighted by Gasteiger charge is -2.35. The van der Waals surface area contributed by atoms with Crippen molar-refractivity contribution in [3.8, 4) is 0 Å². The number of ether oxygens (including phenoxy) is 1. The third-order valence-corrected chi connectivity index (χ3v) is 4.81. The van der Waals surface area contributed by atoms with E-state index in [-0.39, 0.29) is 18.1 Å². The van der Waals surface area contributed by atoms with E-state index in [1.54, 1.807) is 0 Å². The van der Waals surface area contributed by atoms with Crippen LogP contribution in [0.3, 0.4) is 0 Å². The number of carboxylic acid groups (broad SMARTS) is 1. The summed E-state index contributed by atoms with van der Waals surface area (Å²) in [7, 11) is 0. The first-order valence-corrected chi connectivity index (χ1v) is 8.36. The highest BCUT2D eigenvalue weighted by atomic mass is 16.6. The average molecular weight is 345 g/mol. The Bertz CT molecular complexity index is 453. The van der Waals surface area contributed by atoms with E-state index in [9.17, 15) is 14.8 Å². The molecule has 1 fully saturated rings. The summed E-state index contributed by atoms with van der Waals surface area (Å²) in [5, 5.41) is 22.9. The fourth-order valence-corrected chi connectivity index (χ4v) is 3.19. The van der Waals surface area contributed by atoms with Gasteiger partial charge in [0.25, 0.3) is 0 Å². The van der Waals surface area contributed by atoms with Gasteiger partial charge in [0.1, 0.15) is 6.04 Å². The van der Waals surface area contributed by atoms with Crippen LogP contribution in [0.2, 0.25) is 0 Å². The van der Waals surface area contributed by atoms with Crippen molar-refractivity contribution in [3.05, 3.63) is 0 Å². The normalized spacial score (nSPS) is 23.7. The van der Waals surface area contributed by atoms with E-state index in [1.807, 2.05) is 27.7 Å². The number of carbonyl (C=O) groups excluding carboxylic acids is 1. The van der Waals surface area contributed by atoms with Crippen molar-refractivity contribution < 1.29 is 24.6 Å². The van der Waals surface area contributed by atoms with Crippen LogP contribution in [0.1, 0.15) is 53.4 Å². The van der Waals surface area contributed by atoms with Gasteiger partial charge >= 0.3 is 12.1 Å². The average Bonchev–Trinajstić information content (AvgIpc) is 2.64. The van der Waals surface area contributed by atoms with Gasteiger partial charge in [-0.1, -0.05) is 0 Å². The molecule has 2 atom stereocenters. The van der Waals surface area contributed by atoms with Gasteiger partial charge in [-0.15, -0.1) is 0 Å². The molecule has 8 nitrogen and oxygen atoms in total. The Labute approximate surface area is 143 Å². The van der Waals surface area contributed by atoms with Gasteiger partial charge in [0, 0.05) is 23.5 Å². The van der Waals surface area contributed by atoms with Crippen LogP contribution < -0.4 is 11.1 Å². The number of nitrogens with zero attached hydrogens (tertiary/aromatic N) is 1. The summed E-state index contributed by atoms with van der Waals surface area (Å²) in [6.45, 7) is 8.42. The molecule has 0 aromatic carbocycles. The molecule has 5 N–H and O–H groups in total. The summed E-state index contributed by atoms with van der Waals surface area (Å²) < 4.78 is 5.26. The van der Waals surface area contributed by atoms with E-state index < -0.39 is 23.6 Å². The lowest BCUT2D eigenvalue weighted by molar-refractivity contribution is -0.197. The lowest BCUT2D eigenvalue weighted by atomic mass is 9.88. The van der Waals surface area contributed by atoms with Crippen molar-refractivity contribution >= 4 is 12.1 Å². The van der Waals surface area contributed by atoms with Crippen LogP contribution in [0.5, 0.6) is 0 Å². The smallest absolute Gasteiger partial charge is 0.407 e. The number of carbonyl (C=O) groups is 2. The highest BCUT2D eigenvalue weighted by molar-refractivity contribution is 5.72. The number of aliphatic carboxylic acids is 1. The molecule has 0 aliphatic carbocycles. The molecule has 1 aliphatic rings. The fraction of sp³-hybridized carbons (Fsp3) is 0.875. The van der Waals surface area contributed by atoms with Gasteiger partial charge in [0.15, 0.2) is 0 Å². The number of carboxylic acids is 1. The zero-order chi connectivity index (χ0) is 18.5. The molecule has 1 unspecified atom stereocenters. The first kappa shape index (κ1) is 20.7. The number of nitrogens with two attached hydrogens (primary N) is 1. The van der Waals surface area contributed by atoms with Crippen LogP contribution in [0, 0.1) is 5.92 Å². The van der Waals surface area contributed by atoms with E-state index in [2.05, 4.69) is 5.32 Å². The summed E-state index contributed by atoms with van der Waals surface area (Å²) in [5.74, 6) is -0.973. The van der Waals surface area contributed by atoms with Gasteiger partial charge in [-0.25, -0.2) is 4.79 Å². The molecule has 0 aromatic rings. The summed E-state index contributed by atoms with van der Waals surface area (Å²) in [5.41, 5.74) is 4.59. The lowest BCUT2D eigenvalue weighted by Crippen LogP contribution is -2.48. The van der Waals surface area contributed by atoms with Gasteiger partial charge in [0.2, 0.25) is 0 Å². The highest BCUT2D eigenvalue weighted by Crippen LogP contribution is 2.43. The minimum Gasteiger partial charge on any atom is -0.480 e. The van der Waals surface area contributed by atoms with E-state index in [1.165, 1.54) is 5.06 Å². The minimum absolute atomic E-state index is 0.0387. The maximum atomic E-state index is 11.7. The molecule has 140 valence electrons. The van der Waals surface area contributed by atoms with Crippen molar-refractivity contribution in [2.45, 2.75) is 70.5 Å². The number of nitrogens with one attached hydrogen (secondary N) is 1. The first-order valence-electron chi connectivity index (χ1n) is 8.36. The Morgan fingerprint density at radius 2 is 1.96 bits per heavy atom.